The second-order valence-electron chi connectivity index (χ2n) is 7.94. The quantitative estimate of drug-likeness (QED) is 0.662. The van der Waals surface area contributed by atoms with E-state index in [1.54, 1.807) is 50.4 Å². The van der Waals surface area contributed by atoms with Crippen LogP contribution in [-0.4, -0.2) is 70.4 Å². The van der Waals surface area contributed by atoms with E-state index in [0.717, 1.165) is 12.0 Å². The highest BCUT2D eigenvalue weighted by atomic mass is 32.2. The number of likely N-dealkylation sites (tertiary alicyclic amines) is 1. The monoisotopic (exact) mass is 457 g/mol. The molecule has 2 aromatic carbocycles. The Hall–Kier alpha value is -3.07. The Labute approximate surface area is 188 Å². The summed E-state index contributed by atoms with van der Waals surface area (Å²) in [5.74, 6) is 1.66. The van der Waals surface area contributed by atoms with Crippen LogP contribution in [0.5, 0.6) is 11.5 Å². The first kappa shape index (κ1) is 22.1. The van der Waals surface area contributed by atoms with Gasteiger partial charge in [-0.05, 0) is 49.1 Å². The van der Waals surface area contributed by atoms with Crippen molar-refractivity contribution in [3.63, 3.8) is 0 Å². The van der Waals surface area contributed by atoms with Crippen LogP contribution in [0.1, 0.15) is 24.0 Å². The van der Waals surface area contributed by atoms with Gasteiger partial charge in [-0.25, -0.2) is 0 Å². The summed E-state index contributed by atoms with van der Waals surface area (Å²) < 4.78 is 39.6. The van der Waals surface area contributed by atoms with Crippen LogP contribution >= 0.6 is 0 Å². The summed E-state index contributed by atoms with van der Waals surface area (Å²) in [7, 11) is 1.24. The normalized spacial score (nSPS) is 18.8. The lowest BCUT2D eigenvalue weighted by Gasteiger charge is -2.29. The number of likely N-dealkylation sites (N-methyl/N-ethyl adjacent to an activating group) is 1. The standard InChI is InChI=1S/C23H27N3O5S/c1-25(14-12-16-10-11-19(30-2)20(15-16)31-3)23(27)18-8-6-13-26(18)22-17-7-4-5-9-21(17)32(28,29)24-22/h4-5,7,9-11,15,18H,6,8,12-14H2,1-3H3/t18-/m0/s1. The van der Waals surface area contributed by atoms with Crippen LogP contribution in [0.15, 0.2) is 51.8 Å². The molecule has 9 heteroatoms. The number of methoxy groups -OCH3 is 2. The molecule has 8 nitrogen and oxygen atoms in total. The van der Waals surface area contributed by atoms with E-state index >= 15 is 0 Å². The number of rotatable bonds is 6. The maximum Gasteiger partial charge on any atom is 0.285 e. The van der Waals surface area contributed by atoms with Crippen molar-refractivity contribution < 1.29 is 22.7 Å². The lowest BCUT2D eigenvalue weighted by molar-refractivity contribution is -0.133. The molecule has 1 amide bonds. The third kappa shape index (κ3) is 4.04. The molecule has 1 saturated heterocycles. The second kappa shape index (κ2) is 8.82. The van der Waals surface area contributed by atoms with Crippen LogP contribution in [0.3, 0.4) is 0 Å². The Balaban J connectivity index is 1.47. The molecule has 1 atom stereocenters. The van der Waals surface area contributed by atoms with Crippen molar-refractivity contribution in [2.24, 2.45) is 4.40 Å². The Morgan fingerprint density at radius 3 is 2.66 bits per heavy atom. The molecular formula is C23H27N3O5S. The number of fused-ring (bicyclic) bond motifs is 1. The highest BCUT2D eigenvalue weighted by molar-refractivity contribution is 7.90. The first-order chi connectivity index (χ1) is 15.4. The molecule has 2 aromatic rings. The van der Waals surface area contributed by atoms with Gasteiger partial charge in [0.05, 0.1) is 14.2 Å². The van der Waals surface area contributed by atoms with Crippen molar-refractivity contribution in [1.82, 2.24) is 9.80 Å². The maximum absolute atomic E-state index is 13.3. The summed E-state index contributed by atoms with van der Waals surface area (Å²) in [4.78, 5) is 17.0. The SMILES string of the molecule is COc1ccc(CCN(C)C(=O)[C@@H]2CCCN2C2=NS(=O)(=O)c3ccccc32)cc1OC. The number of benzene rings is 2. The molecule has 2 aliphatic heterocycles. The van der Waals surface area contributed by atoms with Crippen LogP contribution in [0, 0.1) is 0 Å². The van der Waals surface area contributed by atoms with Gasteiger partial charge in [-0.2, -0.15) is 8.42 Å². The molecule has 4 rings (SSSR count). The zero-order valence-electron chi connectivity index (χ0n) is 18.4. The number of carbonyl (C=O) groups is 1. The smallest absolute Gasteiger partial charge is 0.285 e. The van der Waals surface area contributed by atoms with Crippen molar-refractivity contribution in [3.05, 3.63) is 53.6 Å². The molecule has 0 unspecified atom stereocenters. The zero-order chi connectivity index (χ0) is 22.9. The fraction of sp³-hybridized carbons (Fsp3) is 0.391. The highest BCUT2D eigenvalue weighted by Crippen LogP contribution is 2.32. The van der Waals surface area contributed by atoms with Crippen LogP contribution in [-0.2, 0) is 21.2 Å². The number of nitrogens with zero attached hydrogens (tertiary/aromatic N) is 3. The Bertz CT molecular complexity index is 1160. The molecule has 32 heavy (non-hydrogen) atoms. The van der Waals surface area contributed by atoms with Gasteiger partial charge in [-0.1, -0.05) is 18.2 Å². The van der Waals surface area contributed by atoms with E-state index in [1.807, 2.05) is 23.1 Å². The topological polar surface area (TPSA) is 88.5 Å². The van der Waals surface area contributed by atoms with Crippen molar-refractivity contribution in [2.45, 2.75) is 30.2 Å². The van der Waals surface area contributed by atoms with E-state index in [4.69, 9.17) is 9.47 Å². The predicted octanol–water partition coefficient (Wildman–Crippen LogP) is 2.32. The fourth-order valence-electron chi connectivity index (χ4n) is 4.27. The lowest BCUT2D eigenvalue weighted by atomic mass is 10.1. The first-order valence-corrected chi connectivity index (χ1v) is 12.0. The third-order valence-electron chi connectivity index (χ3n) is 5.98. The number of ether oxygens (including phenoxy) is 2. The number of amides is 1. The molecule has 2 aliphatic rings. The average molecular weight is 458 g/mol. The highest BCUT2D eigenvalue weighted by Gasteiger charge is 2.39. The van der Waals surface area contributed by atoms with Gasteiger partial charge in [0.1, 0.15) is 10.9 Å². The van der Waals surface area contributed by atoms with E-state index in [0.29, 0.717) is 48.8 Å². The molecule has 2 heterocycles. The number of amidine groups is 1. The predicted molar refractivity (Wildman–Crippen MR) is 121 cm³/mol. The third-order valence-corrected chi connectivity index (χ3v) is 7.31. The van der Waals surface area contributed by atoms with Gasteiger partial charge >= 0.3 is 0 Å². The Kier molecular flexibility index (Phi) is 6.10. The largest absolute Gasteiger partial charge is 0.493 e. The van der Waals surface area contributed by atoms with E-state index in [1.165, 1.54) is 0 Å². The van der Waals surface area contributed by atoms with Crippen LogP contribution in [0.25, 0.3) is 0 Å². The summed E-state index contributed by atoms with van der Waals surface area (Å²) in [6, 6.07) is 12.1. The molecule has 0 saturated carbocycles. The molecule has 0 spiro atoms. The maximum atomic E-state index is 13.3. The second-order valence-corrected chi connectivity index (χ2v) is 9.51. The number of sulfonamides is 1. The van der Waals surface area contributed by atoms with Crippen LogP contribution < -0.4 is 9.47 Å². The summed E-state index contributed by atoms with van der Waals surface area (Å²) >= 11 is 0. The van der Waals surface area contributed by atoms with Gasteiger partial charge in [-0.15, -0.1) is 4.40 Å². The number of hydrogen-bond acceptors (Lipinski definition) is 6. The minimum atomic E-state index is -3.72. The Morgan fingerprint density at radius 2 is 1.91 bits per heavy atom. The van der Waals surface area contributed by atoms with E-state index in [2.05, 4.69) is 4.40 Å². The molecular weight excluding hydrogens is 430 g/mol. The van der Waals surface area contributed by atoms with Gasteiger partial charge in [0.15, 0.2) is 17.3 Å². The lowest BCUT2D eigenvalue weighted by Crippen LogP contribution is -2.47. The zero-order valence-corrected chi connectivity index (χ0v) is 19.3. The van der Waals surface area contributed by atoms with Gasteiger partial charge in [0.25, 0.3) is 10.0 Å². The Morgan fingerprint density at radius 1 is 1.16 bits per heavy atom. The van der Waals surface area contributed by atoms with Gasteiger partial charge in [-0.3, -0.25) is 4.79 Å². The molecule has 0 aliphatic carbocycles. The average Bonchev–Trinajstić information content (AvgIpc) is 3.39. The molecule has 0 aromatic heterocycles. The molecule has 1 fully saturated rings. The van der Waals surface area contributed by atoms with Crippen molar-refractivity contribution in [3.8, 4) is 11.5 Å². The van der Waals surface area contributed by atoms with Crippen LogP contribution in [0.2, 0.25) is 0 Å². The number of hydrogen-bond donors (Lipinski definition) is 0. The van der Waals surface area contributed by atoms with Gasteiger partial charge in [0, 0.05) is 25.7 Å². The number of carbonyl (C=O) groups excluding carboxylic acids is 1. The minimum absolute atomic E-state index is 0.0348. The molecule has 0 radical (unpaired) electrons. The summed E-state index contributed by atoms with van der Waals surface area (Å²) in [5, 5.41) is 0. The fourth-order valence-corrected chi connectivity index (χ4v) is 5.49. The molecule has 0 bridgehead atoms. The first-order valence-electron chi connectivity index (χ1n) is 10.5. The van der Waals surface area contributed by atoms with Gasteiger partial charge < -0.3 is 19.3 Å². The van der Waals surface area contributed by atoms with Gasteiger partial charge in [0.2, 0.25) is 5.91 Å². The summed E-state index contributed by atoms with van der Waals surface area (Å²) in [6.45, 7) is 1.13. The van der Waals surface area contributed by atoms with Crippen molar-refractivity contribution >= 4 is 21.8 Å². The van der Waals surface area contributed by atoms with Crippen molar-refractivity contribution in [1.29, 1.82) is 0 Å². The van der Waals surface area contributed by atoms with E-state index in [9.17, 15) is 13.2 Å². The summed E-state index contributed by atoms with van der Waals surface area (Å²) in [6.07, 6.45) is 2.13. The molecule has 170 valence electrons. The summed E-state index contributed by atoms with van der Waals surface area (Å²) in [5.41, 5.74) is 1.60. The minimum Gasteiger partial charge on any atom is -0.493 e. The van der Waals surface area contributed by atoms with E-state index < -0.39 is 16.1 Å². The van der Waals surface area contributed by atoms with Crippen LogP contribution in [0.4, 0.5) is 0 Å². The molecule has 0 N–H and O–H groups in total. The van der Waals surface area contributed by atoms with E-state index in [-0.39, 0.29) is 10.8 Å². The van der Waals surface area contributed by atoms with Crippen molar-refractivity contribution in [2.75, 3.05) is 34.4 Å².